The van der Waals surface area contributed by atoms with E-state index in [-0.39, 0.29) is 10.7 Å². The predicted molar refractivity (Wildman–Crippen MR) is 158 cm³/mol. The highest BCUT2D eigenvalue weighted by molar-refractivity contribution is 6.39. The van der Waals surface area contributed by atoms with Gasteiger partial charge >= 0.3 is 11.9 Å². The maximum atomic E-state index is 13.0. The Labute approximate surface area is 247 Å². The molecule has 0 saturated carbocycles. The standard InChI is InChI=1S/C29H29Cl2N5O5/c1-16(37)13-32-14-17-11-12-22(34-27(17)41-4)20-9-5-7-18(24(20)30)19-8-6-10-23(25(19)31)33-26(38)21-15-35(2)29(40)36(3)28(21)39/h5-12,15-16,21,32,37H,13-14H2,1-4H3/p+1/t16-,21?/m0/s1. The summed E-state index contributed by atoms with van der Waals surface area (Å²) >= 11 is 13.6. The van der Waals surface area contributed by atoms with Gasteiger partial charge in [-0.25, -0.2) is 14.4 Å². The van der Waals surface area contributed by atoms with Gasteiger partial charge in [-0.3, -0.25) is 4.79 Å². The molecular formula is C29H30Cl2N5O5+. The van der Waals surface area contributed by atoms with Gasteiger partial charge in [-0.2, -0.15) is 9.69 Å². The predicted octanol–water partition coefficient (Wildman–Crippen LogP) is 4.06. The third kappa shape index (κ3) is 6.41. The molecule has 1 aliphatic rings. The molecule has 0 fully saturated rings. The van der Waals surface area contributed by atoms with Crippen molar-refractivity contribution in [1.82, 2.24) is 15.2 Å². The monoisotopic (exact) mass is 598 g/mol. The van der Waals surface area contributed by atoms with Gasteiger partial charge in [-0.15, -0.1) is 0 Å². The van der Waals surface area contributed by atoms with Gasteiger partial charge in [0.25, 0.3) is 0 Å². The van der Waals surface area contributed by atoms with Crippen LogP contribution in [0.2, 0.25) is 10.0 Å². The minimum Gasteiger partial charge on any atom is -0.481 e. The van der Waals surface area contributed by atoms with Crippen LogP contribution in [0.4, 0.5) is 10.5 Å². The topological polar surface area (TPSA) is 124 Å². The number of ether oxygens (including phenoxy) is 1. The van der Waals surface area contributed by atoms with Gasteiger partial charge in [0.2, 0.25) is 11.8 Å². The SMILES string of the molecule is COc1nc(-c2cccc(-c3cccc(NC(=O)C4C=[N+](C)C(=O)N(C)C4=O)c3Cl)c2Cl)ccc1CNC[C@H](C)O. The molecular weight excluding hydrogens is 569 g/mol. The van der Waals surface area contributed by atoms with Crippen molar-refractivity contribution in [1.29, 1.82) is 0 Å². The number of benzene rings is 2. The average molecular weight is 599 g/mol. The highest BCUT2D eigenvalue weighted by Crippen LogP contribution is 2.41. The summed E-state index contributed by atoms with van der Waals surface area (Å²) in [6, 6.07) is 13.7. The molecule has 4 rings (SSSR count). The lowest BCUT2D eigenvalue weighted by Gasteiger charge is -2.19. The summed E-state index contributed by atoms with van der Waals surface area (Å²) < 4.78 is 6.69. The number of nitrogens with zero attached hydrogens (tertiary/aromatic N) is 3. The van der Waals surface area contributed by atoms with E-state index in [0.29, 0.717) is 46.4 Å². The molecule has 1 aliphatic heterocycles. The van der Waals surface area contributed by atoms with E-state index in [1.807, 2.05) is 24.3 Å². The fourth-order valence-electron chi connectivity index (χ4n) is 4.40. The number of aromatic nitrogens is 1. The van der Waals surface area contributed by atoms with E-state index in [9.17, 15) is 19.5 Å². The van der Waals surface area contributed by atoms with Gasteiger partial charge < -0.3 is 20.5 Å². The fourth-order valence-corrected chi connectivity index (χ4v) is 5.00. The number of aliphatic hydroxyl groups is 1. The van der Waals surface area contributed by atoms with E-state index < -0.39 is 29.9 Å². The minimum atomic E-state index is -1.19. The van der Waals surface area contributed by atoms with Crippen LogP contribution in [0.5, 0.6) is 5.88 Å². The van der Waals surface area contributed by atoms with Gasteiger partial charge in [0.15, 0.2) is 5.92 Å². The Kier molecular flexibility index (Phi) is 9.39. The van der Waals surface area contributed by atoms with Crippen molar-refractivity contribution in [2.75, 3.05) is 33.1 Å². The molecule has 2 aromatic carbocycles. The first-order valence-corrected chi connectivity index (χ1v) is 13.5. The summed E-state index contributed by atoms with van der Waals surface area (Å²) in [5.41, 5.74) is 3.51. The number of nitrogens with one attached hydrogen (secondary N) is 2. The first kappa shape index (κ1) is 30.1. The molecule has 10 nitrogen and oxygen atoms in total. The summed E-state index contributed by atoms with van der Waals surface area (Å²) in [5.74, 6) is -2.03. The van der Waals surface area contributed by atoms with Gasteiger partial charge in [0.05, 0.1) is 55.0 Å². The van der Waals surface area contributed by atoms with E-state index in [1.54, 1.807) is 31.2 Å². The van der Waals surface area contributed by atoms with Gasteiger partial charge in [0, 0.05) is 35.3 Å². The number of rotatable bonds is 9. The van der Waals surface area contributed by atoms with Gasteiger partial charge in [-0.1, -0.05) is 59.6 Å². The van der Waals surface area contributed by atoms with Crippen LogP contribution in [0.15, 0.2) is 48.5 Å². The largest absolute Gasteiger partial charge is 0.499 e. The molecule has 1 aromatic heterocycles. The van der Waals surface area contributed by atoms with E-state index in [0.717, 1.165) is 10.5 Å². The number of amides is 4. The number of anilines is 1. The Balaban J connectivity index is 1.63. The van der Waals surface area contributed by atoms with Crippen LogP contribution in [0.25, 0.3) is 22.4 Å². The smallest absolute Gasteiger partial charge is 0.481 e. The van der Waals surface area contributed by atoms with Crippen LogP contribution in [-0.2, 0) is 16.1 Å². The fraction of sp³-hybridized carbons (Fsp3) is 0.276. The molecule has 0 radical (unpaired) electrons. The summed E-state index contributed by atoms with van der Waals surface area (Å²) in [6.07, 6.45) is 0.795. The zero-order valence-corrected chi connectivity index (χ0v) is 24.5. The first-order chi connectivity index (χ1) is 19.5. The third-order valence-corrected chi connectivity index (χ3v) is 7.36. The molecule has 2 atom stereocenters. The second-order valence-corrected chi connectivity index (χ2v) is 10.3. The summed E-state index contributed by atoms with van der Waals surface area (Å²) in [7, 11) is 4.33. The van der Waals surface area contributed by atoms with Gasteiger partial charge in [0.1, 0.15) is 0 Å². The van der Waals surface area contributed by atoms with Crippen molar-refractivity contribution < 1.29 is 28.8 Å². The zero-order valence-electron chi connectivity index (χ0n) is 22.9. The zero-order chi connectivity index (χ0) is 29.8. The van der Waals surface area contributed by atoms with E-state index >= 15 is 0 Å². The highest BCUT2D eigenvalue weighted by atomic mass is 35.5. The van der Waals surface area contributed by atoms with Crippen LogP contribution in [-0.4, -0.2) is 77.5 Å². The minimum absolute atomic E-state index is 0.228. The molecule has 0 spiro atoms. The number of hydrogen-bond donors (Lipinski definition) is 3. The maximum absolute atomic E-state index is 13.0. The van der Waals surface area contributed by atoms with Gasteiger partial charge in [-0.05, 0) is 19.1 Å². The number of halogens is 2. The molecule has 4 amide bonds. The van der Waals surface area contributed by atoms with Crippen LogP contribution in [0, 0.1) is 5.92 Å². The van der Waals surface area contributed by atoms with Crippen LogP contribution >= 0.6 is 23.2 Å². The van der Waals surface area contributed by atoms with Crippen molar-refractivity contribution in [3.8, 4) is 28.3 Å². The Morgan fingerprint density at radius 3 is 2.44 bits per heavy atom. The number of carbonyl (C=O) groups is 3. The molecule has 0 aliphatic carbocycles. The molecule has 41 heavy (non-hydrogen) atoms. The molecule has 3 N–H and O–H groups in total. The molecule has 0 bridgehead atoms. The normalized spacial score (nSPS) is 15.9. The maximum Gasteiger partial charge on any atom is 0.499 e. The molecule has 3 aromatic rings. The van der Waals surface area contributed by atoms with E-state index in [1.165, 1.54) is 32.0 Å². The number of carbonyl (C=O) groups excluding carboxylic acids is 3. The highest BCUT2D eigenvalue weighted by Gasteiger charge is 2.43. The molecule has 0 saturated heterocycles. The lowest BCUT2D eigenvalue weighted by atomic mass is 10.00. The molecule has 2 heterocycles. The van der Waals surface area contributed by atoms with Crippen LogP contribution < -0.4 is 15.4 Å². The van der Waals surface area contributed by atoms with Crippen molar-refractivity contribution in [3.63, 3.8) is 0 Å². The number of imide groups is 1. The first-order valence-electron chi connectivity index (χ1n) is 12.7. The number of aliphatic hydroxyl groups excluding tert-OH is 1. The summed E-state index contributed by atoms with van der Waals surface area (Å²) in [5, 5.41) is 16.0. The van der Waals surface area contributed by atoms with Crippen molar-refractivity contribution in [2.45, 2.75) is 19.6 Å². The molecule has 214 valence electrons. The van der Waals surface area contributed by atoms with Crippen LogP contribution in [0.3, 0.4) is 0 Å². The lowest BCUT2D eigenvalue weighted by Crippen LogP contribution is -2.51. The Hall–Kier alpha value is -3.83. The summed E-state index contributed by atoms with van der Waals surface area (Å²) in [6.45, 7) is 2.60. The average Bonchev–Trinajstić information content (AvgIpc) is 2.95. The van der Waals surface area contributed by atoms with Crippen LogP contribution in [0.1, 0.15) is 12.5 Å². The van der Waals surface area contributed by atoms with E-state index in [2.05, 4.69) is 15.6 Å². The third-order valence-electron chi connectivity index (χ3n) is 6.55. The number of urea groups is 1. The Morgan fingerprint density at radius 1 is 1.10 bits per heavy atom. The second-order valence-electron chi connectivity index (χ2n) is 9.59. The Bertz CT molecular complexity index is 1540. The summed E-state index contributed by atoms with van der Waals surface area (Å²) in [4.78, 5) is 43.1. The number of pyridine rings is 1. The molecule has 12 heteroatoms. The Morgan fingerprint density at radius 2 is 1.76 bits per heavy atom. The quantitative estimate of drug-likeness (QED) is 0.250. The number of methoxy groups -OCH3 is 1. The van der Waals surface area contributed by atoms with Crippen molar-refractivity contribution >= 4 is 52.9 Å². The van der Waals surface area contributed by atoms with Crippen molar-refractivity contribution in [3.05, 3.63) is 64.1 Å². The molecule has 1 unspecified atom stereocenters. The second kappa shape index (κ2) is 12.8. The lowest BCUT2D eigenvalue weighted by molar-refractivity contribution is -0.400. The number of hydrogen-bond acceptors (Lipinski definition) is 7. The van der Waals surface area contributed by atoms with Crippen molar-refractivity contribution in [2.24, 2.45) is 5.92 Å². The van der Waals surface area contributed by atoms with E-state index in [4.69, 9.17) is 27.9 Å².